The number of nitrogens with zero attached hydrogens (tertiary/aromatic N) is 1. The van der Waals surface area contributed by atoms with Crippen LogP contribution >= 0.6 is 0 Å². The predicted octanol–water partition coefficient (Wildman–Crippen LogP) is 3.89. The summed E-state index contributed by atoms with van der Waals surface area (Å²) >= 11 is 0. The minimum Gasteiger partial charge on any atom is -0.441 e. The van der Waals surface area contributed by atoms with Crippen LogP contribution in [0.3, 0.4) is 0 Å². The average molecular weight is 306 g/mol. The molecule has 1 heterocycles. The number of carbonyl (C=O) groups excluding carboxylic acids is 1. The van der Waals surface area contributed by atoms with Gasteiger partial charge in [-0.05, 0) is 37.6 Å². The van der Waals surface area contributed by atoms with Gasteiger partial charge < -0.3 is 9.73 Å². The molecule has 0 fully saturated rings. The van der Waals surface area contributed by atoms with Crippen molar-refractivity contribution in [2.24, 2.45) is 0 Å². The van der Waals surface area contributed by atoms with E-state index in [0.717, 1.165) is 22.6 Å². The third-order valence-corrected chi connectivity index (χ3v) is 3.72. The van der Waals surface area contributed by atoms with Gasteiger partial charge in [0.25, 0.3) is 5.91 Å². The smallest absolute Gasteiger partial charge is 0.251 e. The van der Waals surface area contributed by atoms with Crippen molar-refractivity contribution in [1.29, 1.82) is 0 Å². The van der Waals surface area contributed by atoms with Crippen molar-refractivity contribution in [2.45, 2.75) is 20.4 Å². The number of aromatic nitrogens is 1. The molecular weight excluding hydrogens is 288 g/mol. The lowest BCUT2D eigenvalue weighted by Gasteiger charge is -2.03. The molecule has 0 atom stereocenters. The third-order valence-electron chi connectivity index (χ3n) is 3.72. The number of benzene rings is 2. The summed E-state index contributed by atoms with van der Waals surface area (Å²) in [5, 5.41) is 2.87. The first kappa shape index (κ1) is 15.0. The third kappa shape index (κ3) is 3.31. The highest BCUT2D eigenvalue weighted by molar-refractivity contribution is 5.94. The van der Waals surface area contributed by atoms with E-state index in [4.69, 9.17) is 4.42 Å². The van der Waals surface area contributed by atoms with Crippen LogP contribution < -0.4 is 5.32 Å². The number of aryl methyl sites for hydroxylation is 2. The highest BCUT2D eigenvalue weighted by Crippen LogP contribution is 2.24. The van der Waals surface area contributed by atoms with Gasteiger partial charge in [0, 0.05) is 11.1 Å². The molecule has 3 aromatic rings. The van der Waals surface area contributed by atoms with Gasteiger partial charge in [0.15, 0.2) is 0 Å². The number of hydrogen-bond acceptors (Lipinski definition) is 3. The lowest BCUT2D eigenvalue weighted by atomic mass is 10.1. The number of rotatable bonds is 4. The SMILES string of the molecule is Cc1ccccc1-c1nc(CNC(=O)c2ccccc2)c(C)o1. The van der Waals surface area contributed by atoms with Gasteiger partial charge in [0.05, 0.1) is 6.54 Å². The number of carbonyl (C=O) groups is 1. The van der Waals surface area contributed by atoms with E-state index in [2.05, 4.69) is 10.3 Å². The number of hydrogen-bond donors (Lipinski definition) is 1. The van der Waals surface area contributed by atoms with E-state index in [1.807, 2.05) is 56.3 Å². The highest BCUT2D eigenvalue weighted by atomic mass is 16.4. The van der Waals surface area contributed by atoms with E-state index >= 15 is 0 Å². The summed E-state index contributed by atoms with van der Waals surface area (Å²) in [4.78, 5) is 16.6. The van der Waals surface area contributed by atoms with Crippen LogP contribution in [-0.2, 0) is 6.54 Å². The van der Waals surface area contributed by atoms with Gasteiger partial charge in [-0.25, -0.2) is 4.98 Å². The van der Waals surface area contributed by atoms with Crippen LogP contribution in [0.2, 0.25) is 0 Å². The molecule has 1 aromatic heterocycles. The molecular formula is C19H18N2O2. The maximum absolute atomic E-state index is 12.1. The van der Waals surface area contributed by atoms with Crippen LogP contribution in [0.25, 0.3) is 11.5 Å². The fraction of sp³-hybridized carbons (Fsp3) is 0.158. The second-order valence-corrected chi connectivity index (χ2v) is 5.39. The molecule has 0 saturated carbocycles. The molecule has 0 aliphatic heterocycles. The van der Waals surface area contributed by atoms with Gasteiger partial charge in [-0.1, -0.05) is 36.4 Å². The van der Waals surface area contributed by atoms with Crippen LogP contribution in [0.1, 0.15) is 27.4 Å². The number of amides is 1. The molecule has 116 valence electrons. The summed E-state index contributed by atoms with van der Waals surface area (Å²) in [6.07, 6.45) is 0. The molecule has 0 spiro atoms. The fourth-order valence-electron chi connectivity index (χ4n) is 2.38. The topological polar surface area (TPSA) is 55.1 Å². The van der Waals surface area contributed by atoms with Crippen molar-refractivity contribution in [3.8, 4) is 11.5 Å². The van der Waals surface area contributed by atoms with Gasteiger partial charge in [0.2, 0.25) is 5.89 Å². The number of nitrogens with one attached hydrogen (secondary N) is 1. The van der Waals surface area contributed by atoms with Gasteiger partial charge in [0.1, 0.15) is 11.5 Å². The Morgan fingerprint density at radius 1 is 1.04 bits per heavy atom. The van der Waals surface area contributed by atoms with Crippen molar-refractivity contribution in [1.82, 2.24) is 10.3 Å². The quantitative estimate of drug-likeness (QED) is 0.795. The van der Waals surface area contributed by atoms with Gasteiger partial charge >= 0.3 is 0 Å². The zero-order valence-electron chi connectivity index (χ0n) is 13.2. The van der Waals surface area contributed by atoms with E-state index < -0.39 is 0 Å². The van der Waals surface area contributed by atoms with E-state index in [1.165, 1.54) is 0 Å². The van der Waals surface area contributed by atoms with Crippen molar-refractivity contribution >= 4 is 5.91 Å². The average Bonchev–Trinajstić information content (AvgIpc) is 2.94. The summed E-state index contributed by atoms with van der Waals surface area (Å²) in [5.74, 6) is 1.19. The Kier molecular flexibility index (Phi) is 4.24. The van der Waals surface area contributed by atoms with E-state index in [9.17, 15) is 4.79 Å². The molecule has 2 aromatic carbocycles. The minimum absolute atomic E-state index is 0.120. The molecule has 4 heteroatoms. The first-order valence-electron chi connectivity index (χ1n) is 7.50. The Hall–Kier alpha value is -2.88. The summed E-state index contributed by atoms with van der Waals surface area (Å²) in [6, 6.07) is 17.1. The minimum atomic E-state index is -0.120. The summed E-state index contributed by atoms with van der Waals surface area (Å²) in [5.41, 5.74) is 3.45. The maximum atomic E-state index is 12.1. The van der Waals surface area contributed by atoms with Crippen molar-refractivity contribution in [3.05, 3.63) is 77.2 Å². The molecule has 0 aliphatic carbocycles. The lowest BCUT2D eigenvalue weighted by molar-refractivity contribution is 0.0950. The summed E-state index contributed by atoms with van der Waals surface area (Å²) in [6.45, 7) is 4.22. The second-order valence-electron chi connectivity index (χ2n) is 5.39. The summed E-state index contributed by atoms with van der Waals surface area (Å²) in [7, 11) is 0. The second kappa shape index (κ2) is 6.48. The van der Waals surface area contributed by atoms with E-state index in [0.29, 0.717) is 18.0 Å². The zero-order chi connectivity index (χ0) is 16.2. The molecule has 3 rings (SSSR count). The van der Waals surface area contributed by atoms with Crippen LogP contribution in [0, 0.1) is 13.8 Å². The monoisotopic (exact) mass is 306 g/mol. The molecule has 0 unspecified atom stereocenters. The van der Waals surface area contributed by atoms with Crippen LogP contribution in [0.15, 0.2) is 59.0 Å². The van der Waals surface area contributed by atoms with Crippen LogP contribution in [-0.4, -0.2) is 10.9 Å². The summed E-state index contributed by atoms with van der Waals surface area (Å²) < 4.78 is 5.76. The van der Waals surface area contributed by atoms with Crippen LogP contribution in [0.5, 0.6) is 0 Å². The Labute approximate surface area is 135 Å². The Bertz CT molecular complexity index is 822. The Balaban J connectivity index is 1.75. The Morgan fingerprint density at radius 2 is 1.74 bits per heavy atom. The zero-order valence-corrected chi connectivity index (χ0v) is 13.2. The molecule has 23 heavy (non-hydrogen) atoms. The van der Waals surface area contributed by atoms with E-state index in [-0.39, 0.29) is 5.91 Å². The standard InChI is InChI=1S/C19H18N2O2/c1-13-8-6-7-11-16(13)19-21-17(14(2)23-19)12-20-18(22)15-9-4-3-5-10-15/h3-11H,12H2,1-2H3,(H,20,22). The Morgan fingerprint density at radius 3 is 2.48 bits per heavy atom. The predicted molar refractivity (Wildman–Crippen MR) is 89.0 cm³/mol. The molecule has 1 amide bonds. The normalized spacial score (nSPS) is 10.5. The first-order chi connectivity index (χ1) is 11.1. The molecule has 4 nitrogen and oxygen atoms in total. The fourth-order valence-corrected chi connectivity index (χ4v) is 2.38. The maximum Gasteiger partial charge on any atom is 0.251 e. The van der Waals surface area contributed by atoms with Gasteiger partial charge in [-0.15, -0.1) is 0 Å². The van der Waals surface area contributed by atoms with Gasteiger partial charge in [-0.2, -0.15) is 0 Å². The van der Waals surface area contributed by atoms with E-state index in [1.54, 1.807) is 12.1 Å². The molecule has 0 aliphatic rings. The van der Waals surface area contributed by atoms with Crippen molar-refractivity contribution in [2.75, 3.05) is 0 Å². The lowest BCUT2D eigenvalue weighted by Crippen LogP contribution is -2.23. The van der Waals surface area contributed by atoms with Crippen molar-refractivity contribution < 1.29 is 9.21 Å². The largest absolute Gasteiger partial charge is 0.441 e. The van der Waals surface area contributed by atoms with Crippen molar-refractivity contribution in [3.63, 3.8) is 0 Å². The molecule has 0 saturated heterocycles. The molecule has 0 radical (unpaired) electrons. The van der Waals surface area contributed by atoms with Crippen LogP contribution in [0.4, 0.5) is 0 Å². The van der Waals surface area contributed by atoms with Gasteiger partial charge in [-0.3, -0.25) is 4.79 Å². The molecule has 1 N–H and O–H groups in total. The number of oxazole rings is 1. The molecule has 0 bridgehead atoms. The first-order valence-corrected chi connectivity index (χ1v) is 7.50. The highest BCUT2D eigenvalue weighted by Gasteiger charge is 2.14.